The SMILES string of the molecule is CC1N=C(N)CC1c1ccc(F)cc1. The molecule has 2 atom stereocenters. The Balaban J connectivity index is 2.21. The minimum absolute atomic E-state index is 0.201. The molecule has 0 aliphatic carbocycles. The van der Waals surface area contributed by atoms with E-state index in [1.165, 1.54) is 12.1 Å². The summed E-state index contributed by atoms with van der Waals surface area (Å²) < 4.78 is 12.7. The van der Waals surface area contributed by atoms with Crippen molar-refractivity contribution < 1.29 is 4.39 Å². The maximum Gasteiger partial charge on any atom is 0.123 e. The van der Waals surface area contributed by atoms with Crippen LogP contribution in [0.15, 0.2) is 29.3 Å². The third-order valence-electron chi connectivity index (χ3n) is 2.68. The number of rotatable bonds is 1. The molecule has 3 heteroatoms. The second-order valence-electron chi connectivity index (χ2n) is 3.72. The highest BCUT2D eigenvalue weighted by molar-refractivity contribution is 5.83. The summed E-state index contributed by atoms with van der Waals surface area (Å²) in [6.45, 7) is 2.04. The van der Waals surface area contributed by atoms with Gasteiger partial charge in [-0.05, 0) is 24.6 Å². The van der Waals surface area contributed by atoms with Crippen molar-refractivity contribution >= 4 is 5.84 Å². The van der Waals surface area contributed by atoms with E-state index in [0.29, 0.717) is 11.8 Å². The van der Waals surface area contributed by atoms with Crippen LogP contribution >= 0.6 is 0 Å². The molecule has 1 heterocycles. The van der Waals surface area contributed by atoms with Gasteiger partial charge in [0.15, 0.2) is 0 Å². The molecule has 2 nitrogen and oxygen atoms in total. The average Bonchev–Trinajstić information content (AvgIpc) is 2.47. The lowest BCUT2D eigenvalue weighted by molar-refractivity contribution is 0.612. The maximum absolute atomic E-state index is 12.7. The van der Waals surface area contributed by atoms with E-state index in [1.54, 1.807) is 0 Å². The maximum atomic E-state index is 12.7. The first-order valence-electron chi connectivity index (χ1n) is 4.74. The summed E-state index contributed by atoms with van der Waals surface area (Å²) in [7, 11) is 0. The highest BCUT2D eigenvalue weighted by Crippen LogP contribution is 2.30. The molecule has 1 aromatic carbocycles. The van der Waals surface area contributed by atoms with Crippen LogP contribution in [0, 0.1) is 5.82 Å². The Bertz CT molecular complexity index is 356. The highest BCUT2D eigenvalue weighted by atomic mass is 19.1. The Morgan fingerprint density at radius 1 is 1.36 bits per heavy atom. The fraction of sp³-hybridized carbons (Fsp3) is 0.364. The number of nitrogens with two attached hydrogens (primary N) is 1. The summed E-state index contributed by atoms with van der Waals surface area (Å²) in [6, 6.07) is 6.79. The molecular formula is C11H13FN2. The Kier molecular flexibility index (Phi) is 2.23. The lowest BCUT2D eigenvalue weighted by Gasteiger charge is -2.13. The monoisotopic (exact) mass is 192 g/mol. The van der Waals surface area contributed by atoms with Crippen LogP contribution in [-0.2, 0) is 0 Å². The number of halogens is 1. The molecule has 0 bridgehead atoms. The average molecular weight is 192 g/mol. The minimum Gasteiger partial charge on any atom is -0.387 e. The second-order valence-corrected chi connectivity index (χ2v) is 3.72. The van der Waals surface area contributed by atoms with Gasteiger partial charge in [0.25, 0.3) is 0 Å². The minimum atomic E-state index is -0.201. The molecule has 0 aromatic heterocycles. The van der Waals surface area contributed by atoms with Crippen LogP contribution in [0.5, 0.6) is 0 Å². The van der Waals surface area contributed by atoms with Crippen molar-refractivity contribution in [3.8, 4) is 0 Å². The van der Waals surface area contributed by atoms with Crippen molar-refractivity contribution in [3.63, 3.8) is 0 Å². The third-order valence-corrected chi connectivity index (χ3v) is 2.68. The van der Waals surface area contributed by atoms with Gasteiger partial charge in [0.1, 0.15) is 5.82 Å². The van der Waals surface area contributed by atoms with Gasteiger partial charge in [-0.1, -0.05) is 12.1 Å². The third kappa shape index (κ3) is 1.62. The van der Waals surface area contributed by atoms with E-state index < -0.39 is 0 Å². The van der Waals surface area contributed by atoms with Gasteiger partial charge in [-0.25, -0.2) is 4.39 Å². The Hall–Kier alpha value is -1.38. The van der Waals surface area contributed by atoms with Crippen molar-refractivity contribution in [1.82, 2.24) is 0 Å². The van der Waals surface area contributed by atoms with Crippen molar-refractivity contribution in [1.29, 1.82) is 0 Å². The molecule has 0 amide bonds. The molecular weight excluding hydrogens is 179 g/mol. The van der Waals surface area contributed by atoms with Gasteiger partial charge in [0.2, 0.25) is 0 Å². The number of benzene rings is 1. The molecule has 1 aromatic rings. The molecule has 74 valence electrons. The number of nitrogens with zero attached hydrogens (tertiary/aromatic N) is 1. The standard InChI is InChI=1S/C11H13FN2/c1-7-10(6-11(13)14-7)8-2-4-9(12)5-3-8/h2-5,7,10H,6H2,1H3,(H2,13,14). The molecule has 2 rings (SSSR count). The van der Waals surface area contributed by atoms with Gasteiger partial charge < -0.3 is 5.73 Å². The first-order chi connectivity index (χ1) is 6.66. The Morgan fingerprint density at radius 2 is 2.00 bits per heavy atom. The van der Waals surface area contributed by atoms with E-state index in [0.717, 1.165) is 12.0 Å². The fourth-order valence-corrected chi connectivity index (χ4v) is 1.91. The number of amidine groups is 1. The first kappa shape index (κ1) is 9.19. The molecule has 2 N–H and O–H groups in total. The molecule has 1 aliphatic heterocycles. The highest BCUT2D eigenvalue weighted by Gasteiger charge is 2.25. The van der Waals surface area contributed by atoms with E-state index >= 15 is 0 Å². The van der Waals surface area contributed by atoms with E-state index in [4.69, 9.17) is 5.73 Å². The Morgan fingerprint density at radius 3 is 2.50 bits per heavy atom. The van der Waals surface area contributed by atoms with E-state index in [-0.39, 0.29) is 11.9 Å². The summed E-state index contributed by atoms with van der Waals surface area (Å²) in [6.07, 6.45) is 0.785. The second kappa shape index (κ2) is 3.40. The molecule has 0 saturated heterocycles. The van der Waals surface area contributed by atoms with Gasteiger partial charge in [0, 0.05) is 12.3 Å². The van der Waals surface area contributed by atoms with E-state index in [2.05, 4.69) is 4.99 Å². The first-order valence-corrected chi connectivity index (χ1v) is 4.74. The van der Waals surface area contributed by atoms with E-state index in [9.17, 15) is 4.39 Å². The van der Waals surface area contributed by atoms with Crippen molar-refractivity contribution in [2.75, 3.05) is 0 Å². The lowest BCUT2D eigenvalue weighted by Crippen LogP contribution is -2.10. The van der Waals surface area contributed by atoms with Gasteiger partial charge in [-0.2, -0.15) is 0 Å². The molecule has 0 saturated carbocycles. The number of hydrogen-bond acceptors (Lipinski definition) is 2. The molecule has 0 spiro atoms. The normalized spacial score (nSPS) is 26.3. The molecule has 14 heavy (non-hydrogen) atoms. The molecule has 0 radical (unpaired) electrons. The van der Waals surface area contributed by atoms with Gasteiger partial charge in [-0.3, -0.25) is 4.99 Å². The summed E-state index contributed by atoms with van der Waals surface area (Å²) >= 11 is 0. The lowest BCUT2D eigenvalue weighted by atomic mass is 9.92. The van der Waals surface area contributed by atoms with Gasteiger partial charge in [0.05, 0.1) is 11.9 Å². The summed E-state index contributed by atoms with van der Waals surface area (Å²) in [5.74, 6) is 0.815. The van der Waals surface area contributed by atoms with Crippen LogP contribution in [-0.4, -0.2) is 11.9 Å². The summed E-state index contributed by atoms with van der Waals surface area (Å²) in [5.41, 5.74) is 6.77. The van der Waals surface area contributed by atoms with Gasteiger partial charge in [-0.15, -0.1) is 0 Å². The van der Waals surface area contributed by atoms with Crippen LogP contribution < -0.4 is 5.73 Å². The Labute approximate surface area is 82.7 Å². The predicted octanol–water partition coefficient (Wildman–Crippen LogP) is 2.06. The van der Waals surface area contributed by atoms with Gasteiger partial charge >= 0.3 is 0 Å². The molecule has 0 fully saturated rings. The van der Waals surface area contributed by atoms with Crippen molar-refractivity contribution in [2.24, 2.45) is 10.7 Å². The zero-order valence-corrected chi connectivity index (χ0v) is 8.07. The van der Waals surface area contributed by atoms with Crippen molar-refractivity contribution in [3.05, 3.63) is 35.6 Å². The van der Waals surface area contributed by atoms with Crippen LogP contribution in [0.25, 0.3) is 0 Å². The van der Waals surface area contributed by atoms with E-state index in [1.807, 2.05) is 19.1 Å². The summed E-state index contributed by atoms with van der Waals surface area (Å²) in [4.78, 5) is 4.27. The quantitative estimate of drug-likeness (QED) is 0.726. The largest absolute Gasteiger partial charge is 0.387 e. The van der Waals surface area contributed by atoms with Crippen LogP contribution in [0.3, 0.4) is 0 Å². The molecule has 2 unspecified atom stereocenters. The number of aliphatic imine (C=N–C) groups is 1. The van der Waals surface area contributed by atoms with Crippen LogP contribution in [0.1, 0.15) is 24.8 Å². The topological polar surface area (TPSA) is 38.4 Å². The molecule has 1 aliphatic rings. The number of hydrogen-bond donors (Lipinski definition) is 1. The zero-order valence-electron chi connectivity index (χ0n) is 8.07. The fourth-order valence-electron chi connectivity index (χ4n) is 1.91. The van der Waals surface area contributed by atoms with Crippen LogP contribution in [0.2, 0.25) is 0 Å². The smallest absolute Gasteiger partial charge is 0.123 e. The predicted molar refractivity (Wildman–Crippen MR) is 54.8 cm³/mol. The van der Waals surface area contributed by atoms with Crippen molar-refractivity contribution in [2.45, 2.75) is 25.3 Å². The van der Waals surface area contributed by atoms with Crippen LogP contribution in [0.4, 0.5) is 4.39 Å². The zero-order chi connectivity index (χ0) is 10.1. The summed E-state index contributed by atoms with van der Waals surface area (Å²) in [5, 5.41) is 0.